The Morgan fingerprint density at radius 1 is 0.771 bits per heavy atom. The van der Waals surface area contributed by atoms with Gasteiger partial charge in [0.15, 0.2) is 11.1 Å². The van der Waals surface area contributed by atoms with Crippen LogP contribution in [-0.2, 0) is 38.1 Å². The molecule has 0 N–H and O–H groups in total. The minimum absolute atomic E-state index is 0. The van der Waals surface area contributed by atoms with Gasteiger partial charge in [-0.25, -0.2) is 19.9 Å². The van der Waals surface area contributed by atoms with Gasteiger partial charge in [0, 0.05) is 6.20 Å². The third kappa shape index (κ3) is 14.3. The fraction of sp³-hybridized carbons (Fsp3) is 0.368. The van der Waals surface area contributed by atoms with Crippen LogP contribution in [0.15, 0.2) is 25.0 Å². The van der Waals surface area contributed by atoms with Crippen LogP contribution in [0.5, 0.6) is 0 Å². The zero-order valence-corrected chi connectivity index (χ0v) is 21.2. The summed E-state index contributed by atoms with van der Waals surface area (Å²) in [5.41, 5.74) is 0.0652. The number of esters is 4. The van der Waals surface area contributed by atoms with Crippen LogP contribution in [-0.4, -0.2) is 72.3 Å². The Morgan fingerprint density at radius 2 is 1.20 bits per heavy atom. The van der Waals surface area contributed by atoms with Crippen molar-refractivity contribution in [2.45, 2.75) is 19.8 Å². The normalized spacial score (nSPS) is 8.80. The van der Waals surface area contributed by atoms with Crippen molar-refractivity contribution in [3.63, 3.8) is 0 Å². The Kier molecular flexibility index (Phi) is 21.6. The van der Waals surface area contributed by atoms with Gasteiger partial charge in [0.05, 0.1) is 50.4 Å². The molecule has 0 aliphatic heterocycles. The van der Waals surface area contributed by atoms with E-state index < -0.39 is 29.8 Å². The highest BCUT2D eigenvalue weighted by Gasteiger charge is 2.33. The first-order valence-corrected chi connectivity index (χ1v) is 9.61. The van der Waals surface area contributed by atoms with Gasteiger partial charge in [0.1, 0.15) is 19.1 Å². The van der Waals surface area contributed by atoms with Crippen LogP contribution in [0.3, 0.4) is 0 Å². The Morgan fingerprint density at radius 3 is 1.51 bits per heavy atom. The summed E-state index contributed by atoms with van der Waals surface area (Å²) in [4.78, 5) is 58.0. The lowest BCUT2D eigenvalue weighted by atomic mass is 10.1. The molecular formula is C19H23Cl4N4O8-. The van der Waals surface area contributed by atoms with Gasteiger partial charge in [-0.3, -0.25) is 19.2 Å². The predicted octanol–water partition coefficient (Wildman–Crippen LogP) is -0.294. The monoisotopic (exact) mass is 575 g/mol. The number of halogens is 4. The number of hydrogen-bond donors (Lipinski definition) is 0. The first kappa shape index (κ1) is 36.8. The number of aromatic nitrogens is 4. The van der Waals surface area contributed by atoms with Crippen molar-refractivity contribution in [2.24, 2.45) is 0 Å². The number of carbonyl (C=O) groups is 4. The zero-order valence-electron chi connectivity index (χ0n) is 18.2. The van der Waals surface area contributed by atoms with E-state index in [1.54, 1.807) is 0 Å². The molecule has 0 aromatic carbocycles. The minimum Gasteiger partial charge on any atom is -1.00 e. The Bertz CT molecular complexity index is 902. The summed E-state index contributed by atoms with van der Waals surface area (Å²) < 4.78 is 17.3. The molecule has 0 fully saturated rings. The SMILES string of the molecule is C.COC(=O)C(C(=O)OC)c1ncncc1Cl.COC(=O)CC(=O)OC.Clc1cncnc1Cl.[Cl-]. The maximum Gasteiger partial charge on any atom is 0.326 e. The molecule has 0 aliphatic carbocycles. The van der Waals surface area contributed by atoms with Crippen LogP contribution >= 0.6 is 34.8 Å². The summed E-state index contributed by atoms with van der Waals surface area (Å²) in [6, 6.07) is 0. The van der Waals surface area contributed by atoms with E-state index in [0.29, 0.717) is 10.2 Å². The summed E-state index contributed by atoms with van der Waals surface area (Å²) in [5, 5.41) is 0.777. The van der Waals surface area contributed by atoms with Crippen molar-refractivity contribution in [3.8, 4) is 0 Å². The average molecular weight is 577 g/mol. The molecule has 0 unspecified atom stereocenters. The summed E-state index contributed by atoms with van der Waals surface area (Å²) in [5.74, 6) is -4.02. The smallest absolute Gasteiger partial charge is 0.326 e. The molecule has 0 bridgehead atoms. The molecule has 0 spiro atoms. The Hall–Kier alpha value is -2.80. The highest BCUT2D eigenvalue weighted by molar-refractivity contribution is 6.41. The average Bonchev–Trinajstić information content (AvgIpc) is 2.82. The van der Waals surface area contributed by atoms with Crippen LogP contribution < -0.4 is 12.4 Å². The predicted molar refractivity (Wildman–Crippen MR) is 121 cm³/mol. The van der Waals surface area contributed by atoms with Crippen molar-refractivity contribution in [1.82, 2.24) is 19.9 Å². The van der Waals surface area contributed by atoms with Crippen LogP contribution in [0.1, 0.15) is 25.5 Å². The minimum atomic E-state index is -1.29. The second kappa shape index (κ2) is 20.6. The van der Waals surface area contributed by atoms with Crippen molar-refractivity contribution < 1.29 is 50.5 Å². The van der Waals surface area contributed by atoms with Crippen molar-refractivity contribution in [2.75, 3.05) is 28.4 Å². The molecule has 0 radical (unpaired) electrons. The molecule has 0 saturated carbocycles. The molecule has 0 atom stereocenters. The maximum atomic E-state index is 11.4. The standard InChI is InChI=1S/C9H9ClN2O4.C5H8O4.C4H2Cl2N2.CH4.ClH/c1-15-8(13)6(9(14)16-2)7-5(10)3-11-4-12-7;1-8-4(6)3-5(7)9-2;5-3-1-7-2-8-4(3)6;;/h3-4,6H,1-2H3;3H2,1-2H3;1-2H;1H4;1H/p-1. The van der Waals surface area contributed by atoms with Gasteiger partial charge in [0.2, 0.25) is 0 Å². The number of rotatable bonds is 5. The molecule has 2 aromatic heterocycles. The first-order valence-electron chi connectivity index (χ1n) is 8.48. The largest absolute Gasteiger partial charge is 1.00 e. The summed E-state index contributed by atoms with van der Waals surface area (Å²) in [6.45, 7) is 0. The highest BCUT2D eigenvalue weighted by atomic mass is 35.5. The van der Waals surface area contributed by atoms with Gasteiger partial charge < -0.3 is 31.4 Å². The number of carbonyl (C=O) groups excluding carboxylic acids is 4. The molecule has 35 heavy (non-hydrogen) atoms. The maximum absolute atomic E-state index is 11.4. The first-order chi connectivity index (χ1) is 15.6. The van der Waals surface area contributed by atoms with Crippen LogP contribution in [0.4, 0.5) is 0 Å². The van der Waals surface area contributed by atoms with Gasteiger partial charge in [-0.1, -0.05) is 42.2 Å². The second-order valence-corrected chi connectivity index (χ2v) is 6.40. The molecule has 2 rings (SSSR count). The summed E-state index contributed by atoms with van der Waals surface area (Å²) in [7, 11) is 4.75. The Labute approximate surface area is 223 Å². The van der Waals surface area contributed by atoms with Gasteiger partial charge in [-0.2, -0.15) is 0 Å². The molecule has 16 heteroatoms. The van der Waals surface area contributed by atoms with Crippen molar-refractivity contribution >= 4 is 58.7 Å². The Balaban J connectivity index is -0.000000463. The molecule has 0 saturated heterocycles. The number of nitrogens with zero attached hydrogens (tertiary/aromatic N) is 4. The van der Waals surface area contributed by atoms with E-state index in [9.17, 15) is 19.2 Å². The lowest BCUT2D eigenvalue weighted by molar-refractivity contribution is -0.155. The van der Waals surface area contributed by atoms with Gasteiger partial charge in [-0.15, -0.1) is 0 Å². The molecule has 0 aliphatic rings. The van der Waals surface area contributed by atoms with E-state index >= 15 is 0 Å². The van der Waals surface area contributed by atoms with E-state index in [-0.39, 0.29) is 37.0 Å². The number of hydrogen-bond acceptors (Lipinski definition) is 12. The third-order valence-electron chi connectivity index (χ3n) is 3.21. The van der Waals surface area contributed by atoms with Crippen molar-refractivity contribution in [3.05, 3.63) is 45.9 Å². The van der Waals surface area contributed by atoms with Gasteiger partial charge in [0.25, 0.3) is 0 Å². The highest BCUT2D eigenvalue weighted by Crippen LogP contribution is 2.23. The number of ether oxygens (including phenoxy) is 4. The molecular weight excluding hydrogens is 554 g/mol. The molecule has 2 aromatic rings. The van der Waals surface area contributed by atoms with Crippen molar-refractivity contribution in [1.29, 1.82) is 0 Å². The molecule has 12 nitrogen and oxygen atoms in total. The van der Waals surface area contributed by atoms with E-state index in [1.807, 2.05) is 0 Å². The zero-order chi connectivity index (χ0) is 25.4. The van der Waals surface area contributed by atoms with Crippen LogP contribution in [0, 0.1) is 0 Å². The topological polar surface area (TPSA) is 157 Å². The van der Waals surface area contributed by atoms with E-state index in [2.05, 4.69) is 38.9 Å². The molecule has 0 amide bonds. The summed E-state index contributed by atoms with van der Waals surface area (Å²) in [6.07, 6.45) is 4.93. The van der Waals surface area contributed by atoms with Gasteiger partial charge in [-0.05, 0) is 0 Å². The van der Waals surface area contributed by atoms with E-state index in [4.69, 9.17) is 34.8 Å². The number of methoxy groups -OCH3 is 4. The third-order valence-corrected chi connectivity index (χ3v) is 4.18. The lowest BCUT2D eigenvalue weighted by Crippen LogP contribution is -3.00. The fourth-order valence-corrected chi connectivity index (χ4v) is 2.06. The lowest BCUT2D eigenvalue weighted by Gasteiger charge is -2.12. The van der Waals surface area contributed by atoms with E-state index in [1.165, 1.54) is 39.3 Å². The molecule has 2 heterocycles. The van der Waals surface area contributed by atoms with E-state index in [0.717, 1.165) is 14.2 Å². The molecule has 196 valence electrons. The second-order valence-electron chi connectivity index (χ2n) is 5.23. The van der Waals surface area contributed by atoms with Crippen LogP contribution in [0.2, 0.25) is 15.2 Å². The van der Waals surface area contributed by atoms with Gasteiger partial charge >= 0.3 is 23.9 Å². The fourth-order valence-electron chi connectivity index (χ4n) is 1.65. The van der Waals surface area contributed by atoms with Crippen LogP contribution in [0.25, 0.3) is 0 Å². The quantitative estimate of drug-likeness (QED) is 0.198. The summed E-state index contributed by atoms with van der Waals surface area (Å²) >= 11 is 16.7.